The number of urea groups is 1. The number of hydrogen-bond donors (Lipinski definition) is 3. The number of hydrogen-bond acceptors (Lipinski definition) is 6. The first-order chi connectivity index (χ1) is 23.2. The summed E-state index contributed by atoms with van der Waals surface area (Å²) in [5, 5.41) is 14.1. The van der Waals surface area contributed by atoms with Crippen molar-refractivity contribution in [1.29, 1.82) is 0 Å². The van der Waals surface area contributed by atoms with Gasteiger partial charge < -0.3 is 9.47 Å². The fourth-order valence-electron chi connectivity index (χ4n) is 6.89. The van der Waals surface area contributed by atoms with Crippen LogP contribution in [0.2, 0.25) is 10.0 Å². The number of nitrogens with one attached hydrogen (secondary N) is 3. The smallest absolute Gasteiger partial charge is 0.328 e. The standard InChI is InChI=1S/C37H28Cl2N4O5/c1-47-26-15-7-21(8-16-26)30-28(19-20-3-11-24(38)12-4-20)33-29(32(42-43-33)23-5-13-25(39)14-6-23)31(22-9-17-27(48-2)18-10-22)37(30)34(44)40-36(46)41-35(37)45/h3-19,30-31H,1-2H3,(H,42,43)(H2,40,41,44,45,46)/b28-19-. The Hall–Kier alpha value is -5.38. The van der Waals surface area contributed by atoms with Crippen molar-refractivity contribution in [2.24, 2.45) is 5.41 Å². The molecule has 48 heavy (non-hydrogen) atoms. The Morgan fingerprint density at radius 2 is 1.19 bits per heavy atom. The molecule has 1 aromatic heterocycles. The van der Waals surface area contributed by atoms with Gasteiger partial charge in [-0.05, 0) is 82.4 Å². The molecule has 4 aromatic carbocycles. The van der Waals surface area contributed by atoms with E-state index in [4.69, 9.17) is 37.8 Å². The van der Waals surface area contributed by atoms with Crippen molar-refractivity contribution in [2.45, 2.75) is 11.8 Å². The Labute approximate surface area is 285 Å². The Morgan fingerprint density at radius 1 is 0.688 bits per heavy atom. The maximum atomic E-state index is 14.7. The van der Waals surface area contributed by atoms with Gasteiger partial charge in [0.1, 0.15) is 11.5 Å². The Morgan fingerprint density at radius 3 is 1.71 bits per heavy atom. The number of barbiturate groups is 1. The molecule has 4 amide bonds. The predicted octanol–water partition coefficient (Wildman–Crippen LogP) is 7.22. The second-order valence-corrected chi connectivity index (χ2v) is 12.4. The molecule has 2 atom stereocenters. The molecule has 240 valence electrons. The van der Waals surface area contributed by atoms with Gasteiger partial charge in [-0.3, -0.25) is 25.3 Å². The first kappa shape index (κ1) is 31.2. The maximum absolute atomic E-state index is 14.7. The summed E-state index contributed by atoms with van der Waals surface area (Å²) in [6, 6.07) is 27.9. The number of allylic oxidation sites excluding steroid dienone is 1. The van der Waals surface area contributed by atoms with E-state index >= 15 is 0 Å². The molecular weight excluding hydrogens is 651 g/mol. The molecular formula is C37H28Cl2N4O5. The van der Waals surface area contributed by atoms with Crippen LogP contribution in [-0.4, -0.2) is 42.3 Å². The van der Waals surface area contributed by atoms with E-state index in [1.807, 2.05) is 54.6 Å². The highest BCUT2D eigenvalue weighted by atomic mass is 35.5. The lowest BCUT2D eigenvalue weighted by Gasteiger charge is -2.49. The van der Waals surface area contributed by atoms with Crippen LogP contribution in [0.3, 0.4) is 0 Å². The summed E-state index contributed by atoms with van der Waals surface area (Å²) < 4.78 is 10.9. The molecule has 0 radical (unpaired) electrons. The van der Waals surface area contributed by atoms with Gasteiger partial charge in [-0.15, -0.1) is 0 Å². The van der Waals surface area contributed by atoms with E-state index in [1.165, 1.54) is 0 Å². The van der Waals surface area contributed by atoms with Crippen LogP contribution in [0.15, 0.2) is 97.1 Å². The van der Waals surface area contributed by atoms with Crippen LogP contribution in [-0.2, 0) is 9.59 Å². The first-order valence-electron chi connectivity index (χ1n) is 15.0. The SMILES string of the molecule is COc1ccc(C2/C(=C/c3ccc(Cl)cc3)c3n[nH]c(-c4ccc(Cl)cc4)c3C(c3ccc(OC)cc3)C23C(=O)NC(=O)NC3=O)cc1. The van der Waals surface area contributed by atoms with E-state index in [0.29, 0.717) is 55.2 Å². The first-order valence-corrected chi connectivity index (χ1v) is 15.8. The van der Waals surface area contributed by atoms with E-state index in [1.54, 1.807) is 62.8 Å². The Balaban J connectivity index is 1.63. The number of rotatable bonds is 6. The minimum Gasteiger partial charge on any atom is -0.497 e. The van der Waals surface area contributed by atoms with Crippen molar-refractivity contribution in [1.82, 2.24) is 20.8 Å². The largest absolute Gasteiger partial charge is 0.497 e. The number of fused-ring (bicyclic) bond motifs is 1. The number of carbonyl (C=O) groups excluding carboxylic acids is 3. The summed E-state index contributed by atoms with van der Waals surface area (Å²) >= 11 is 12.5. The summed E-state index contributed by atoms with van der Waals surface area (Å²) in [6.45, 7) is 0. The molecule has 1 saturated heterocycles. The zero-order valence-electron chi connectivity index (χ0n) is 25.7. The van der Waals surface area contributed by atoms with Crippen LogP contribution >= 0.6 is 23.2 Å². The van der Waals surface area contributed by atoms with Gasteiger partial charge in [-0.2, -0.15) is 5.10 Å². The van der Waals surface area contributed by atoms with Crippen molar-refractivity contribution in [3.63, 3.8) is 0 Å². The van der Waals surface area contributed by atoms with Gasteiger partial charge in [0.2, 0.25) is 11.8 Å². The number of H-pyrrole nitrogens is 1. The molecule has 2 aliphatic rings. The minimum atomic E-state index is -1.92. The summed E-state index contributed by atoms with van der Waals surface area (Å²) in [7, 11) is 3.12. The third-order valence-corrected chi connectivity index (χ3v) is 9.52. The van der Waals surface area contributed by atoms with Gasteiger partial charge in [0.25, 0.3) is 0 Å². The Bertz CT molecular complexity index is 2050. The molecule has 0 bridgehead atoms. The monoisotopic (exact) mass is 678 g/mol. The van der Waals surface area contributed by atoms with Gasteiger partial charge >= 0.3 is 6.03 Å². The number of benzene rings is 4. The highest BCUT2D eigenvalue weighted by Crippen LogP contribution is 2.62. The molecule has 1 aliphatic carbocycles. The topological polar surface area (TPSA) is 122 Å². The molecule has 1 fully saturated rings. The van der Waals surface area contributed by atoms with Crippen molar-refractivity contribution in [3.05, 3.63) is 135 Å². The van der Waals surface area contributed by atoms with Gasteiger partial charge in [-0.1, -0.05) is 71.7 Å². The van der Waals surface area contributed by atoms with Crippen LogP contribution in [0.5, 0.6) is 11.5 Å². The van der Waals surface area contributed by atoms with E-state index < -0.39 is 35.1 Å². The maximum Gasteiger partial charge on any atom is 0.328 e. The number of aromatic nitrogens is 2. The molecule has 3 N–H and O–H groups in total. The number of carbonyl (C=O) groups is 3. The van der Waals surface area contributed by atoms with Gasteiger partial charge in [0, 0.05) is 27.4 Å². The van der Waals surface area contributed by atoms with E-state index in [0.717, 1.165) is 11.1 Å². The number of aromatic amines is 1. The zero-order valence-corrected chi connectivity index (χ0v) is 27.2. The average molecular weight is 680 g/mol. The number of methoxy groups -OCH3 is 2. The normalized spacial score (nSPS) is 19.1. The van der Waals surface area contributed by atoms with Crippen molar-refractivity contribution >= 4 is 52.7 Å². The number of ether oxygens (including phenoxy) is 2. The van der Waals surface area contributed by atoms with Crippen LogP contribution in [0.4, 0.5) is 4.79 Å². The van der Waals surface area contributed by atoms with E-state index in [2.05, 4.69) is 15.7 Å². The zero-order chi connectivity index (χ0) is 33.6. The lowest BCUT2D eigenvalue weighted by atomic mass is 9.52. The summed E-state index contributed by atoms with van der Waals surface area (Å²) in [6.07, 6.45) is 1.90. The molecule has 2 heterocycles. The molecule has 5 aromatic rings. The highest BCUT2D eigenvalue weighted by molar-refractivity contribution is 6.31. The van der Waals surface area contributed by atoms with Gasteiger partial charge in [-0.25, -0.2) is 4.79 Å². The second kappa shape index (κ2) is 12.3. The van der Waals surface area contributed by atoms with E-state index in [-0.39, 0.29) is 0 Å². The van der Waals surface area contributed by atoms with Crippen LogP contribution < -0.4 is 20.1 Å². The number of nitrogens with zero attached hydrogens (tertiary/aromatic N) is 1. The average Bonchev–Trinajstić information content (AvgIpc) is 3.53. The minimum absolute atomic E-state index is 0.544. The van der Waals surface area contributed by atoms with Gasteiger partial charge in [0.05, 0.1) is 25.6 Å². The molecule has 0 saturated carbocycles. The third-order valence-electron chi connectivity index (χ3n) is 9.02. The number of imide groups is 2. The molecule has 1 aliphatic heterocycles. The van der Waals surface area contributed by atoms with Crippen molar-refractivity contribution in [3.8, 4) is 22.8 Å². The molecule has 11 heteroatoms. The van der Waals surface area contributed by atoms with E-state index in [9.17, 15) is 14.4 Å². The Kier molecular flexibility index (Phi) is 8.02. The lowest BCUT2D eigenvalue weighted by Crippen LogP contribution is -2.67. The quantitative estimate of drug-likeness (QED) is 0.163. The fourth-order valence-corrected chi connectivity index (χ4v) is 7.14. The predicted molar refractivity (Wildman–Crippen MR) is 183 cm³/mol. The molecule has 1 spiro atoms. The number of amides is 4. The van der Waals surface area contributed by atoms with Crippen LogP contribution in [0.1, 0.15) is 39.8 Å². The summed E-state index contributed by atoms with van der Waals surface area (Å²) in [5.41, 5.74) is 3.18. The molecule has 7 rings (SSSR count). The fraction of sp³-hybridized carbons (Fsp3) is 0.135. The van der Waals surface area contributed by atoms with Crippen LogP contribution in [0, 0.1) is 5.41 Å². The summed E-state index contributed by atoms with van der Waals surface area (Å²) in [5.74, 6) is -2.17. The summed E-state index contributed by atoms with van der Waals surface area (Å²) in [4.78, 5) is 42.2. The highest BCUT2D eigenvalue weighted by Gasteiger charge is 2.66. The second-order valence-electron chi connectivity index (χ2n) is 11.5. The lowest BCUT2D eigenvalue weighted by molar-refractivity contribution is -0.146. The van der Waals surface area contributed by atoms with Crippen molar-refractivity contribution in [2.75, 3.05) is 14.2 Å². The number of halogens is 2. The van der Waals surface area contributed by atoms with Gasteiger partial charge in [0.15, 0.2) is 5.41 Å². The molecule has 9 nitrogen and oxygen atoms in total. The third kappa shape index (κ3) is 5.12. The van der Waals surface area contributed by atoms with Crippen molar-refractivity contribution < 1.29 is 23.9 Å². The molecule has 2 unspecified atom stereocenters. The van der Waals surface area contributed by atoms with Crippen LogP contribution in [0.25, 0.3) is 22.9 Å².